The van der Waals surface area contributed by atoms with Crippen molar-refractivity contribution in [3.05, 3.63) is 64.1 Å². The number of rotatable bonds is 3. The van der Waals surface area contributed by atoms with Crippen LogP contribution in [-0.2, 0) is 0 Å². The van der Waals surface area contributed by atoms with Crippen LogP contribution in [-0.4, -0.2) is 20.5 Å². The number of hydrogen-bond acceptors (Lipinski definition) is 3. The van der Waals surface area contributed by atoms with E-state index in [0.29, 0.717) is 16.2 Å². The van der Waals surface area contributed by atoms with Crippen LogP contribution in [0, 0.1) is 13.8 Å². The SMILES string of the molecule is Cc1cc(C)n2ncc(C(=O)N[C@H](C)c3ccc(Cl)cc3)c2n1. The van der Waals surface area contributed by atoms with Crippen LogP contribution in [0.4, 0.5) is 0 Å². The summed E-state index contributed by atoms with van der Waals surface area (Å²) >= 11 is 5.89. The number of nitrogens with zero attached hydrogens (tertiary/aromatic N) is 3. The van der Waals surface area contributed by atoms with Gasteiger partial charge in [0, 0.05) is 16.4 Å². The van der Waals surface area contributed by atoms with Crippen molar-refractivity contribution in [3.63, 3.8) is 0 Å². The Morgan fingerprint density at radius 1 is 1.26 bits per heavy atom. The van der Waals surface area contributed by atoms with E-state index in [4.69, 9.17) is 11.6 Å². The Morgan fingerprint density at radius 2 is 1.96 bits per heavy atom. The zero-order valence-corrected chi connectivity index (χ0v) is 13.9. The van der Waals surface area contributed by atoms with Crippen molar-refractivity contribution >= 4 is 23.2 Å². The summed E-state index contributed by atoms with van der Waals surface area (Å²) in [5.74, 6) is -0.194. The van der Waals surface area contributed by atoms with E-state index in [0.717, 1.165) is 17.0 Å². The van der Waals surface area contributed by atoms with E-state index < -0.39 is 0 Å². The van der Waals surface area contributed by atoms with Crippen LogP contribution < -0.4 is 5.32 Å². The number of carbonyl (C=O) groups is 1. The second-order valence-electron chi connectivity index (χ2n) is 5.58. The molecule has 5 nitrogen and oxygen atoms in total. The summed E-state index contributed by atoms with van der Waals surface area (Å²) in [6.07, 6.45) is 1.55. The third-order valence-electron chi connectivity index (χ3n) is 3.74. The molecule has 0 aliphatic heterocycles. The Kier molecular flexibility index (Phi) is 4.05. The van der Waals surface area contributed by atoms with Gasteiger partial charge in [0.05, 0.1) is 12.2 Å². The summed E-state index contributed by atoms with van der Waals surface area (Å²) in [4.78, 5) is 17.0. The highest BCUT2D eigenvalue weighted by atomic mass is 35.5. The fourth-order valence-electron chi connectivity index (χ4n) is 2.54. The third kappa shape index (κ3) is 3.05. The second kappa shape index (κ2) is 6.01. The first kappa shape index (κ1) is 15.5. The molecular weight excluding hydrogens is 312 g/mol. The average Bonchev–Trinajstić information content (AvgIpc) is 2.91. The van der Waals surface area contributed by atoms with Gasteiger partial charge in [-0.15, -0.1) is 0 Å². The molecule has 118 valence electrons. The highest BCUT2D eigenvalue weighted by molar-refractivity contribution is 6.30. The number of amides is 1. The van der Waals surface area contributed by atoms with Gasteiger partial charge in [0.2, 0.25) is 0 Å². The lowest BCUT2D eigenvalue weighted by molar-refractivity contribution is 0.0941. The molecule has 0 saturated carbocycles. The van der Waals surface area contributed by atoms with Crippen molar-refractivity contribution in [1.82, 2.24) is 19.9 Å². The van der Waals surface area contributed by atoms with E-state index in [1.54, 1.807) is 10.7 Å². The molecule has 0 spiro atoms. The molecule has 0 saturated heterocycles. The Labute approximate surface area is 139 Å². The smallest absolute Gasteiger partial charge is 0.257 e. The van der Waals surface area contributed by atoms with Gasteiger partial charge in [-0.3, -0.25) is 4.79 Å². The first-order valence-electron chi connectivity index (χ1n) is 7.34. The number of aryl methyl sites for hydroxylation is 2. The second-order valence-corrected chi connectivity index (χ2v) is 6.02. The molecular formula is C17H17ClN4O. The average molecular weight is 329 g/mol. The number of fused-ring (bicyclic) bond motifs is 1. The number of halogens is 1. The van der Waals surface area contributed by atoms with Gasteiger partial charge in [-0.2, -0.15) is 5.10 Å². The van der Waals surface area contributed by atoms with Gasteiger partial charge < -0.3 is 5.32 Å². The predicted molar refractivity (Wildman–Crippen MR) is 89.8 cm³/mol. The molecule has 3 rings (SSSR count). The highest BCUT2D eigenvalue weighted by Crippen LogP contribution is 2.18. The van der Waals surface area contributed by atoms with E-state index >= 15 is 0 Å². The van der Waals surface area contributed by atoms with Crippen LogP contribution in [0.15, 0.2) is 36.5 Å². The van der Waals surface area contributed by atoms with E-state index in [1.807, 2.05) is 51.1 Å². The molecule has 2 aromatic heterocycles. The molecule has 0 radical (unpaired) electrons. The Bertz CT molecular complexity index is 870. The number of carbonyl (C=O) groups excluding carboxylic acids is 1. The standard InChI is InChI=1S/C17H17ClN4O/c1-10-8-11(2)22-16(20-10)15(9-19-22)17(23)21-12(3)13-4-6-14(18)7-5-13/h4-9,12H,1-3H3,(H,21,23)/t12-/m1/s1. The quantitative estimate of drug-likeness (QED) is 0.800. The summed E-state index contributed by atoms with van der Waals surface area (Å²) in [6.45, 7) is 5.77. The van der Waals surface area contributed by atoms with Crippen LogP contribution >= 0.6 is 11.6 Å². The van der Waals surface area contributed by atoms with Crippen LogP contribution in [0.5, 0.6) is 0 Å². The van der Waals surface area contributed by atoms with Crippen molar-refractivity contribution in [2.24, 2.45) is 0 Å². The normalized spacial score (nSPS) is 12.3. The number of benzene rings is 1. The van der Waals surface area contributed by atoms with E-state index in [9.17, 15) is 4.79 Å². The van der Waals surface area contributed by atoms with Crippen LogP contribution in [0.2, 0.25) is 5.02 Å². The zero-order valence-electron chi connectivity index (χ0n) is 13.2. The fraction of sp³-hybridized carbons (Fsp3) is 0.235. The molecule has 1 aromatic carbocycles. The van der Waals surface area contributed by atoms with Gasteiger partial charge in [0.1, 0.15) is 5.56 Å². The van der Waals surface area contributed by atoms with Crippen molar-refractivity contribution in [2.75, 3.05) is 0 Å². The molecule has 0 fully saturated rings. The van der Waals surface area contributed by atoms with Crippen LogP contribution in [0.1, 0.15) is 40.3 Å². The molecule has 0 unspecified atom stereocenters. The fourth-order valence-corrected chi connectivity index (χ4v) is 2.67. The molecule has 0 aliphatic carbocycles. The maximum absolute atomic E-state index is 12.6. The monoisotopic (exact) mass is 328 g/mol. The predicted octanol–water partition coefficient (Wildman–Crippen LogP) is 3.49. The summed E-state index contributed by atoms with van der Waals surface area (Å²) in [7, 11) is 0. The molecule has 0 aliphatic rings. The number of nitrogens with one attached hydrogen (secondary N) is 1. The first-order valence-corrected chi connectivity index (χ1v) is 7.72. The maximum Gasteiger partial charge on any atom is 0.257 e. The minimum absolute atomic E-state index is 0.138. The van der Waals surface area contributed by atoms with Gasteiger partial charge in [0.15, 0.2) is 5.65 Å². The molecule has 1 atom stereocenters. The molecule has 23 heavy (non-hydrogen) atoms. The molecule has 1 N–H and O–H groups in total. The molecule has 2 heterocycles. The Hall–Kier alpha value is -2.40. The molecule has 1 amide bonds. The summed E-state index contributed by atoms with van der Waals surface area (Å²) in [5, 5.41) is 7.89. The lowest BCUT2D eigenvalue weighted by atomic mass is 10.1. The first-order chi connectivity index (χ1) is 11.0. The van der Waals surface area contributed by atoms with Crippen molar-refractivity contribution < 1.29 is 4.79 Å². The third-order valence-corrected chi connectivity index (χ3v) is 3.99. The maximum atomic E-state index is 12.6. The largest absolute Gasteiger partial charge is 0.345 e. The van der Waals surface area contributed by atoms with Crippen LogP contribution in [0.25, 0.3) is 5.65 Å². The zero-order chi connectivity index (χ0) is 16.6. The summed E-state index contributed by atoms with van der Waals surface area (Å²) in [6, 6.07) is 9.21. The molecule has 3 aromatic rings. The van der Waals surface area contributed by atoms with Crippen molar-refractivity contribution in [2.45, 2.75) is 26.8 Å². The van der Waals surface area contributed by atoms with Gasteiger partial charge in [0.25, 0.3) is 5.91 Å². The van der Waals surface area contributed by atoms with Crippen molar-refractivity contribution in [1.29, 1.82) is 0 Å². The Morgan fingerprint density at radius 3 is 2.65 bits per heavy atom. The van der Waals surface area contributed by atoms with E-state index in [1.165, 1.54) is 0 Å². The molecule has 6 heteroatoms. The highest BCUT2D eigenvalue weighted by Gasteiger charge is 2.17. The van der Waals surface area contributed by atoms with Gasteiger partial charge >= 0.3 is 0 Å². The van der Waals surface area contributed by atoms with Crippen LogP contribution in [0.3, 0.4) is 0 Å². The summed E-state index contributed by atoms with van der Waals surface area (Å²) < 4.78 is 1.68. The topological polar surface area (TPSA) is 59.3 Å². The lowest BCUT2D eigenvalue weighted by Crippen LogP contribution is -2.26. The van der Waals surface area contributed by atoms with E-state index in [2.05, 4.69) is 15.4 Å². The number of hydrogen-bond donors (Lipinski definition) is 1. The Balaban J connectivity index is 1.87. The van der Waals surface area contributed by atoms with Gasteiger partial charge in [-0.1, -0.05) is 23.7 Å². The molecule has 0 bridgehead atoms. The van der Waals surface area contributed by atoms with Gasteiger partial charge in [-0.05, 0) is 44.5 Å². The minimum atomic E-state index is -0.194. The van der Waals surface area contributed by atoms with E-state index in [-0.39, 0.29) is 11.9 Å². The van der Waals surface area contributed by atoms with Gasteiger partial charge in [-0.25, -0.2) is 9.50 Å². The van der Waals surface area contributed by atoms with Crippen molar-refractivity contribution in [3.8, 4) is 0 Å². The lowest BCUT2D eigenvalue weighted by Gasteiger charge is -2.14. The summed E-state index contributed by atoms with van der Waals surface area (Å²) in [5.41, 5.74) is 3.83. The minimum Gasteiger partial charge on any atom is -0.345 e. The number of aromatic nitrogens is 3.